The summed E-state index contributed by atoms with van der Waals surface area (Å²) in [7, 11) is 0. The van der Waals surface area contributed by atoms with Crippen molar-refractivity contribution in [3.05, 3.63) is 10.6 Å². The largest absolute Gasteiger partial charge is 0.390 e. The first-order chi connectivity index (χ1) is 7.96. The summed E-state index contributed by atoms with van der Waals surface area (Å²) in [6.45, 7) is 3.32. The van der Waals surface area contributed by atoms with E-state index in [1.54, 1.807) is 0 Å². The van der Waals surface area contributed by atoms with Crippen LogP contribution in [0.15, 0.2) is 0 Å². The average molecular weight is 277 g/mol. The fourth-order valence-electron chi connectivity index (χ4n) is 1.92. The van der Waals surface area contributed by atoms with Crippen LogP contribution in [0.1, 0.15) is 26.2 Å². The molecule has 0 spiro atoms. The summed E-state index contributed by atoms with van der Waals surface area (Å²) in [6, 6.07) is 0. The summed E-state index contributed by atoms with van der Waals surface area (Å²) in [5, 5.41) is 10.2. The summed E-state index contributed by atoms with van der Waals surface area (Å²) in [4.78, 5) is 13.8. The van der Waals surface area contributed by atoms with Gasteiger partial charge in [0.05, 0.1) is 5.60 Å². The number of aromatic nitrogens is 3. The van der Waals surface area contributed by atoms with Gasteiger partial charge in [0.15, 0.2) is 0 Å². The lowest BCUT2D eigenvalue weighted by Crippen LogP contribution is -2.29. The average Bonchev–Trinajstić information content (AvgIpc) is 2.38. The minimum absolute atomic E-state index is 0.0935. The second kappa shape index (κ2) is 4.92. The summed E-state index contributed by atoms with van der Waals surface area (Å²) >= 11 is 11.5. The first-order valence-corrected chi connectivity index (χ1v) is 6.26. The van der Waals surface area contributed by atoms with E-state index in [4.69, 9.17) is 23.2 Å². The van der Waals surface area contributed by atoms with Gasteiger partial charge in [0, 0.05) is 13.1 Å². The topological polar surface area (TPSA) is 62.1 Å². The maximum atomic E-state index is 10.00. The van der Waals surface area contributed by atoms with Crippen molar-refractivity contribution < 1.29 is 5.11 Å². The van der Waals surface area contributed by atoms with Gasteiger partial charge in [0.25, 0.3) is 0 Å². The number of halogens is 2. The van der Waals surface area contributed by atoms with Gasteiger partial charge in [0.1, 0.15) is 0 Å². The molecular weight excluding hydrogens is 263 g/mol. The minimum atomic E-state index is -0.616. The van der Waals surface area contributed by atoms with Crippen molar-refractivity contribution >= 4 is 29.2 Å². The third kappa shape index (κ3) is 3.40. The first-order valence-electron chi connectivity index (χ1n) is 5.51. The summed E-state index contributed by atoms with van der Waals surface area (Å²) in [6.07, 6.45) is 2.33. The van der Waals surface area contributed by atoms with E-state index < -0.39 is 5.60 Å². The molecule has 2 rings (SSSR count). The zero-order valence-electron chi connectivity index (χ0n) is 9.53. The van der Waals surface area contributed by atoms with Gasteiger partial charge >= 0.3 is 0 Å². The molecule has 1 fully saturated rings. The van der Waals surface area contributed by atoms with Crippen molar-refractivity contribution in [2.45, 2.75) is 31.8 Å². The van der Waals surface area contributed by atoms with E-state index >= 15 is 0 Å². The Labute approximate surface area is 110 Å². The molecular formula is C10H14Cl2N4O. The summed E-state index contributed by atoms with van der Waals surface area (Å²) < 4.78 is 0. The van der Waals surface area contributed by atoms with E-state index in [1.807, 2.05) is 11.8 Å². The maximum absolute atomic E-state index is 10.00. The van der Waals surface area contributed by atoms with Crippen LogP contribution in [0.4, 0.5) is 5.95 Å². The normalized spacial score (nSPS) is 25.8. The van der Waals surface area contributed by atoms with Crippen LogP contribution in [0.5, 0.6) is 0 Å². The van der Waals surface area contributed by atoms with Crippen LogP contribution < -0.4 is 4.90 Å². The summed E-state index contributed by atoms with van der Waals surface area (Å²) in [5.74, 6) is 0.479. The van der Waals surface area contributed by atoms with Crippen LogP contribution in [0.25, 0.3) is 0 Å². The fraction of sp³-hybridized carbons (Fsp3) is 0.700. The van der Waals surface area contributed by atoms with Crippen LogP contribution in [0, 0.1) is 0 Å². The molecule has 1 atom stereocenters. The molecule has 0 aliphatic carbocycles. The Bertz CT molecular complexity index is 393. The molecule has 0 aromatic carbocycles. The highest BCUT2D eigenvalue weighted by atomic mass is 35.5. The zero-order valence-corrected chi connectivity index (χ0v) is 11.0. The zero-order chi connectivity index (χ0) is 12.5. The second-order valence-corrected chi connectivity index (χ2v) is 5.19. The van der Waals surface area contributed by atoms with E-state index in [9.17, 15) is 5.11 Å². The van der Waals surface area contributed by atoms with Crippen molar-refractivity contribution in [3.8, 4) is 0 Å². The molecule has 1 N–H and O–H groups in total. The van der Waals surface area contributed by atoms with Crippen molar-refractivity contribution in [3.63, 3.8) is 0 Å². The van der Waals surface area contributed by atoms with E-state index in [0.29, 0.717) is 18.9 Å². The molecule has 17 heavy (non-hydrogen) atoms. The minimum Gasteiger partial charge on any atom is -0.390 e. The fourth-order valence-corrected chi connectivity index (χ4v) is 2.28. The van der Waals surface area contributed by atoms with E-state index in [0.717, 1.165) is 19.4 Å². The Morgan fingerprint density at radius 1 is 1.12 bits per heavy atom. The van der Waals surface area contributed by atoms with Crippen LogP contribution in [-0.2, 0) is 0 Å². The van der Waals surface area contributed by atoms with Crippen molar-refractivity contribution in [2.75, 3.05) is 18.0 Å². The van der Waals surface area contributed by atoms with Crippen molar-refractivity contribution in [2.24, 2.45) is 0 Å². The van der Waals surface area contributed by atoms with Crippen LogP contribution >= 0.6 is 23.2 Å². The van der Waals surface area contributed by atoms with Gasteiger partial charge in [-0.15, -0.1) is 0 Å². The van der Waals surface area contributed by atoms with Gasteiger partial charge in [-0.3, -0.25) is 0 Å². The highest BCUT2D eigenvalue weighted by molar-refractivity contribution is 6.31. The molecule has 1 aromatic heterocycles. The summed E-state index contributed by atoms with van der Waals surface area (Å²) in [5.41, 5.74) is -0.616. The van der Waals surface area contributed by atoms with Crippen LogP contribution in [-0.4, -0.2) is 38.7 Å². The Morgan fingerprint density at radius 3 is 2.41 bits per heavy atom. The Morgan fingerprint density at radius 2 is 1.76 bits per heavy atom. The quantitative estimate of drug-likeness (QED) is 0.849. The van der Waals surface area contributed by atoms with Crippen LogP contribution in [0.2, 0.25) is 10.6 Å². The highest BCUT2D eigenvalue weighted by Gasteiger charge is 2.26. The SMILES string of the molecule is CC1(O)CCCN(c2nc(Cl)nc(Cl)n2)CC1. The number of hydrogen-bond acceptors (Lipinski definition) is 5. The molecule has 1 aliphatic rings. The van der Waals surface area contributed by atoms with E-state index in [-0.39, 0.29) is 10.6 Å². The number of aliphatic hydroxyl groups is 1. The number of hydrogen-bond donors (Lipinski definition) is 1. The molecule has 1 saturated heterocycles. The Hall–Kier alpha value is -0.650. The lowest BCUT2D eigenvalue weighted by molar-refractivity contribution is 0.0481. The number of rotatable bonds is 1. The molecule has 0 saturated carbocycles. The van der Waals surface area contributed by atoms with Gasteiger partial charge < -0.3 is 10.0 Å². The monoisotopic (exact) mass is 276 g/mol. The molecule has 0 radical (unpaired) electrons. The molecule has 1 aliphatic heterocycles. The smallest absolute Gasteiger partial charge is 0.230 e. The van der Waals surface area contributed by atoms with Gasteiger partial charge in [-0.05, 0) is 49.4 Å². The molecule has 94 valence electrons. The Kier molecular flexibility index (Phi) is 3.70. The molecule has 1 aromatic rings. The molecule has 0 amide bonds. The third-order valence-corrected chi connectivity index (χ3v) is 3.25. The van der Waals surface area contributed by atoms with Crippen molar-refractivity contribution in [1.29, 1.82) is 0 Å². The predicted octanol–water partition coefficient (Wildman–Crippen LogP) is 1.92. The first kappa shape index (κ1) is 12.8. The van der Waals surface area contributed by atoms with Gasteiger partial charge in [-0.2, -0.15) is 15.0 Å². The van der Waals surface area contributed by atoms with Crippen molar-refractivity contribution in [1.82, 2.24) is 15.0 Å². The van der Waals surface area contributed by atoms with E-state index in [1.165, 1.54) is 0 Å². The van der Waals surface area contributed by atoms with Gasteiger partial charge in [0.2, 0.25) is 16.5 Å². The van der Waals surface area contributed by atoms with Crippen LogP contribution in [0.3, 0.4) is 0 Å². The maximum Gasteiger partial charge on any atom is 0.230 e. The number of nitrogens with zero attached hydrogens (tertiary/aromatic N) is 4. The lowest BCUT2D eigenvalue weighted by Gasteiger charge is -2.22. The van der Waals surface area contributed by atoms with E-state index in [2.05, 4.69) is 15.0 Å². The number of anilines is 1. The third-order valence-electron chi connectivity index (χ3n) is 2.92. The van der Waals surface area contributed by atoms with Gasteiger partial charge in [-0.25, -0.2) is 0 Å². The molecule has 7 heteroatoms. The molecule has 5 nitrogen and oxygen atoms in total. The Balaban J connectivity index is 2.17. The van der Waals surface area contributed by atoms with Gasteiger partial charge in [-0.1, -0.05) is 0 Å². The lowest BCUT2D eigenvalue weighted by atomic mass is 9.98. The predicted molar refractivity (Wildman–Crippen MR) is 66.5 cm³/mol. The highest BCUT2D eigenvalue weighted by Crippen LogP contribution is 2.24. The second-order valence-electron chi connectivity index (χ2n) is 4.51. The standard InChI is InChI=1S/C10H14Cl2N4O/c1-10(17)3-2-5-16(6-4-10)9-14-7(11)13-8(12)15-9/h17H,2-6H2,1H3. The molecule has 0 bridgehead atoms. The molecule has 2 heterocycles. The molecule has 1 unspecified atom stereocenters.